The maximum atomic E-state index is 4.24. The van der Waals surface area contributed by atoms with Crippen LogP contribution in [-0.2, 0) is 0 Å². The van der Waals surface area contributed by atoms with E-state index in [9.17, 15) is 0 Å². The summed E-state index contributed by atoms with van der Waals surface area (Å²) in [6.45, 7) is 0. The first-order valence-electron chi connectivity index (χ1n) is 3.01. The number of nitrogens with zero attached hydrogens (tertiary/aromatic N) is 3. The highest BCUT2D eigenvalue weighted by atomic mass is 32.2. The first-order chi connectivity index (χ1) is 5.40. The first kappa shape index (κ1) is 7.00. The van der Waals surface area contributed by atoms with Gasteiger partial charge in [-0.3, -0.25) is 0 Å². The van der Waals surface area contributed by atoms with E-state index in [0.717, 1.165) is 14.8 Å². The summed E-state index contributed by atoms with van der Waals surface area (Å²) in [5.74, 6) is 0. The van der Waals surface area contributed by atoms with Gasteiger partial charge in [-0.1, -0.05) is 23.1 Å². The van der Waals surface area contributed by atoms with Gasteiger partial charge in [0.15, 0.2) is 14.8 Å². The van der Waals surface area contributed by atoms with Crippen LogP contribution in [0.5, 0.6) is 0 Å². The molecule has 0 spiro atoms. The smallest absolute Gasteiger partial charge is 0.190 e. The van der Waals surface area contributed by atoms with Gasteiger partial charge in [0.2, 0.25) is 0 Å². The fraction of sp³-hybridized carbons (Fsp3) is 0.167. The van der Waals surface area contributed by atoms with Gasteiger partial charge in [-0.25, -0.2) is 15.0 Å². The van der Waals surface area contributed by atoms with Crippen molar-refractivity contribution in [2.75, 3.05) is 6.26 Å². The summed E-state index contributed by atoms with van der Waals surface area (Å²) in [6, 6.07) is 0. The molecule has 2 aromatic heterocycles. The second-order valence-corrected chi connectivity index (χ2v) is 3.90. The van der Waals surface area contributed by atoms with E-state index in [1.54, 1.807) is 35.5 Å². The zero-order chi connectivity index (χ0) is 7.68. The Hall–Kier alpha value is -0.680. The van der Waals surface area contributed by atoms with Crippen LogP contribution in [0.3, 0.4) is 0 Å². The highest BCUT2D eigenvalue weighted by Crippen LogP contribution is 2.24. The molecule has 2 rings (SSSR count). The fourth-order valence-corrected chi connectivity index (χ4v) is 2.09. The summed E-state index contributed by atoms with van der Waals surface area (Å²) >= 11 is 3.20. The molecule has 2 aromatic rings. The molecular weight excluding hydrogens is 178 g/mol. The second kappa shape index (κ2) is 2.75. The number of thioether (sulfide) groups is 1. The van der Waals surface area contributed by atoms with Crippen LogP contribution in [0.15, 0.2) is 16.7 Å². The summed E-state index contributed by atoms with van der Waals surface area (Å²) < 4.78 is 1.02. The molecule has 0 fully saturated rings. The molecule has 0 atom stereocenters. The van der Waals surface area contributed by atoms with Gasteiger partial charge >= 0.3 is 0 Å². The van der Waals surface area contributed by atoms with Crippen LogP contribution in [-0.4, -0.2) is 21.2 Å². The molecule has 11 heavy (non-hydrogen) atoms. The normalized spacial score (nSPS) is 10.6. The Labute approximate surface area is 71.9 Å². The lowest BCUT2D eigenvalue weighted by Gasteiger charge is -1.79. The van der Waals surface area contributed by atoms with E-state index in [1.807, 2.05) is 6.26 Å². The molecule has 0 bridgehead atoms. The second-order valence-electron chi connectivity index (χ2n) is 1.87. The number of aromatic nitrogens is 3. The molecular formula is C6H5N3S2. The van der Waals surface area contributed by atoms with Gasteiger partial charge < -0.3 is 0 Å². The largest absolute Gasteiger partial charge is 0.240 e. The number of rotatable bonds is 1. The van der Waals surface area contributed by atoms with E-state index in [2.05, 4.69) is 15.0 Å². The average Bonchev–Trinajstić information content (AvgIpc) is 2.46. The van der Waals surface area contributed by atoms with E-state index < -0.39 is 0 Å². The fourth-order valence-electron chi connectivity index (χ4n) is 0.746. The van der Waals surface area contributed by atoms with Gasteiger partial charge in [-0.2, -0.15) is 0 Å². The number of hydrogen-bond donors (Lipinski definition) is 0. The third kappa shape index (κ3) is 1.21. The van der Waals surface area contributed by atoms with Crippen LogP contribution in [0.2, 0.25) is 0 Å². The molecule has 0 aromatic carbocycles. The van der Waals surface area contributed by atoms with E-state index in [-0.39, 0.29) is 0 Å². The van der Waals surface area contributed by atoms with Crippen molar-refractivity contribution in [1.82, 2.24) is 15.0 Å². The van der Waals surface area contributed by atoms with Gasteiger partial charge in [0.1, 0.15) is 0 Å². The van der Waals surface area contributed by atoms with Crippen molar-refractivity contribution in [2.45, 2.75) is 4.34 Å². The Bertz CT molecular complexity index is 338. The van der Waals surface area contributed by atoms with Crippen LogP contribution in [0.4, 0.5) is 0 Å². The number of thiazole rings is 1. The van der Waals surface area contributed by atoms with Crippen molar-refractivity contribution in [3.8, 4) is 0 Å². The summed E-state index contributed by atoms with van der Waals surface area (Å²) in [5.41, 5.74) is 0.752. The molecule has 0 aliphatic rings. The van der Waals surface area contributed by atoms with Crippen molar-refractivity contribution in [2.24, 2.45) is 0 Å². The van der Waals surface area contributed by atoms with Gasteiger partial charge in [0.05, 0.1) is 0 Å². The van der Waals surface area contributed by atoms with Crippen molar-refractivity contribution in [1.29, 1.82) is 0 Å². The molecule has 3 nitrogen and oxygen atoms in total. The van der Waals surface area contributed by atoms with Crippen molar-refractivity contribution in [3.05, 3.63) is 12.4 Å². The summed E-state index contributed by atoms with van der Waals surface area (Å²) in [6.07, 6.45) is 5.34. The maximum absolute atomic E-state index is 4.24. The van der Waals surface area contributed by atoms with Crippen molar-refractivity contribution < 1.29 is 0 Å². The van der Waals surface area contributed by atoms with Gasteiger partial charge in [-0.15, -0.1) is 0 Å². The monoisotopic (exact) mass is 183 g/mol. The molecule has 0 N–H and O–H groups in total. The van der Waals surface area contributed by atoms with Crippen molar-refractivity contribution in [3.63, 3.8) is 0 Å². The number of fused-ring (bicyclic) bond motifs is 1. The van der Waals surface area contributed by atoms with Crippen LogP contribution in [0, 0.1) is 0 Å². The topological polar surface area (TPSA) is 38.7 Å². The van der Waals surface area contributed by atoms with Crippen LogP contribution >= 0.6 is 23.1 Å². The van der Waals surface area contributed by atoms with Crippen LogP contribution in [0.25, 0.3) is 10.5 Å². The van der Waals surface area contributed by atoms with Crippen LogP contribution in [0.1, 0.15) is 0 Å². The Kier molecular flexibility index (Phi) is 1.75. The molecule has 56 valence electrons. The molecule has 0 amide bonds. The quantitative estimate of drug-likeness (QED) is 0.632. The molecule has 0 unspecified atom stereocenters. The predicted molar refractivity (Wildman–Crippen MR) is 47.0 cm³/mol. The Morgan fingerprint density at radius 1 is 1.36 bits per heavy atom. The summed E-state index contributed by atoms with van der Waals surface area (Å²) in [5, 5.41) is 0. The third-order valence-corrected chi connectivity index (χ3v) is 3.14. The van der Waals surface area contributed by atoms with Gasteiger partial charge in [0.25, 0.3) is 0 Å². The zero-order valence-electron chi connectivity index (χ0n) is 5.81. The predicted octanol–water partition coefficient (Wildman–Crippen LogP) is 1.81. The summed E-state index contributed by atoms with van der Waals surface area (Å²) in [7, 11) is 0. The number of hydrogen-bond acceptors (Lipinski definition) is 5. The highest BCUT2D eigenvalue weighted by Gasteiger charge is 2.02. The zero-order valence-corrected chi connectivity index (χ0v) is 7.45. The molecule has 0 saturated heterocycles. The maximum Gasteiger partial charge on any atom is 0.190 e. The minimum absolute atomic E-state index is 0.752. The minimum atomic E-state index is 0.752. The van der Waals surface area contributed by atoms with E-state index in [1.165, 1.54) is 0 Å². The average molecular weight is 183 g/mol. The Morgan fingerprint density at radius 3 is 2.91 bits per heavy atom. The molecule has 5 heteroatoms. The van der Waals surface area contributed by atoms with Gasteiger partial charge in [-0.05, 0) is 6.26 Å². The molecule has 2 heterocycles. The molecule has 0 saturated carbocycles. The van der Waals surface area contributed by atoms with E-state index >= 15 is 0 Å². The highest BCUT2D eigenvalue weighted by molar-refractivity contribution is 8.00. The molecule has 0 aliphatic heterocycles. The third-order valence-electron chi connectivity index (χ3n) is 1.20. The molecule has 0 radical (unpaired) electrons. The first-order valence-corrected chi connectivity index (χ1v) is 5.06. The lowest BCUT2D eigenvalue weighted by molar-refractivity contribution is 1.21. The van der Waals surface area contributed by atoms with Crippen LogP contribution < -0.4 is 0 Å². The molecule has 0 aliphatic carbocycles. The van der Waals surface area contributed by atoms with E-state index in [0.29, 0.717) is 0 Å². The SMILES string of the molecule is CSc1nc2nccnc2s1. The Morgan fingerprint density at radius 2 is 2.18 bits per heavy atom. The van der Waals surface area contributed by atoms with E-state index in [4.69, 9.17) is 0 Å². The standard InChI is InChI=1S/C6H5N3S2/c1-10-6-9-4-5(11-6)8-3-2-7-4/h2-3H,1H3. The lowest BCUT2D eigenvalue weighted by Crippen LogP contribution is -1.76. The summed E-state index contributed by atoms with van der Waals surface area (Å²) in [4.78, 5) is 13.4. The minimum Gasteiger partial charge on any atom is -0.240 e. The van der Waals surface area contributed by atoms with Crippen molar-refractivity contribution >= 4 is 33.6 Å². The lowest BCUT2D eigenvalue weighted by atomic mass is 10.7. The Balaban J connectivity index is 2.69. The van der Waals surface area contributed by atoms with Gasteiger partial charge in [0, 0.05) is 12.4 Å².